The normalized spacial score (nSPS) is 15.7. The number of carbonyl (C=O) groups excluding carboxylic acids is 1. The lowest BCUT2D eigenvalue weighted by molar-refractivity contribution is 0.0946. The van der Waals surface area contributed by atoms with E-state index >= 15 is 0 Å². The van der Waals surface area contributed by atoms with Crippen molar-refractivity contribution >= 4 is 27.5 Å². The first-order valence-corrected chi connectivity index (χ1v) is 12.5. The van der Waals surface area contributed by atoms with Crippen molar-refractivity contribution in [2.45, 2.75) is 24.7 Å². The number of para-hydroxylation sites is 1. The van der Waals surface area contributed by atoms with Crippen LogP contribution in [0.3, 0.4) is 0 Å². The molecule has 0 unspecified atom stereocenters. The Balaban J connectivity index is 1.63. The molecule has 1 heterocycles. The lowest BCUT2D eigenvalue weighted by Crippen LogP contribution is -2.47. The number of hydrogen-bond acceptors (Lipinski definition) is 5. The van der Waals surface area contributed by atoms with E-state index in [9.17, 15) is 13.2 Å². The summed E-state index contributed by atoms with van der Waals surface area (Å²) in [5.41, 5.74) is 1.35. The average molecular weight is 480 g/mol. The maximum atomic E-state index is 13.1. The Hall–Kier alpha value is -2.13. The Kier molecular flexibility index (Phi) is 8.16. The van der Waals surface area contributed by atoms with Crippen molar-refractivity contribution in [1.82, 2.24) is 14.5 Å². The number of hydrogen-bond donors (Lipinski definition) is 1. The third-order valence-corrected chi connectivity index (χ3v) is 7.84. The molecular formula is C23H30ClN3O4S. The van der Waals surface area contributed by atoms with Gasteiger partial charge in [-0.3, -0.25) is 4.79 Å². The number of halogens is 1. The molecule has 0 aromatic heterocycles. The molecule has 0 bridgehead atoms. The van der Waals surface area contributed by atoms with Crippen LogP contribution < -0.4 is 10.1 Å². The van der Waals surface area contributed by atoms with E-state index in [0.717, 1.165) is 11.3 Å². The maximum Gasteiger partial charge on any atom is 0.251 e. The van der Waals surface area contributed by atoms with Crippen LogP contribution in [0.5, 0.6) is 5.75 Å². The number of sulfonamides is 1. The van der Waals surface area contributed by atoms with E-state index in [2.05, 4.69) is 24.1 Å². The summed E-state index contributed by atoms with van der Waals surface area (Å²) in [6.07, 6.45) is 0. The molecule has 32 heavy (non-hydrogen) atoms. The predicted molar refractivity (Wildman–Crippen MR) is 126 cm³/mol. The Morgan fingerprint density at radius 2 is 1.81 bits per heavy atom. The van der Waals surface area contributed by atoms with Crippen molar-refractivity contribution in [3.8, 4) is 5.75 Å². The first-order valence-electron chi connectivity index (χ1n) is 10.7. The average Bonchev–Trinajstić information content (AvgIpc) is 2.77. The predicted octanol–water partition coefficient (Wildman–Crippen LogP) is 3.21. The van der Waals surface area contributed by atoms with Crippen LogP contribution in [-0.2, 0) is 10.0 Å². The summed E-state index contributed by atoms with van der Waals surface area (Å²) in [4.78, 5) is 14.6. The quantitative estimate of drug-likeness (QED) is 0.588. The second-order valence-corrected chi connectivity index (χ2v) is 10.5. The van der Waals surface area contributed by atoms with Crippen LogP contribution in [0.4, 0.5) is 0 Å². The zero-order valence-electron chi connectivity index (χ0n) is 18.7. The standard InChI is InChI=1S/C23H30ClN3O4S/c1-17(2)19-6-4-5-7-21(19)31-15-10-25-23(28)18-8-9-20(24)22(16-18)32(29,30)27-13-11-26(3)12-14-27/h4-9,16-17H,10-15H2,1-3H3,(H,25,28). The fourth-order valence-electron chi connectivity index (χ4n) is 3.53. The van der Waals surface area contributed by atoms with E-state index in [-0.39, 0.29) is 27.9 Å². The van der Waals surface area contributed by atoms with Gasteiger partial charge in [0.05, 0.1) is 11.6 Å². The lowest BCUT2D eigenvalue weighted by Gasteiger charge is -2.31. The summed E-state index contributed by atoms with van der Waals surface area (Å²) in [5.74, 6) is 0.747. The molecule has 9 heteroatoms. The molecule has 1 amide bonds. The van der Waals surface area contributed by atoms with E-state index < -0.39 is 10.0 Å². The fourth-order valence-corrected chi connectivity index (χ4v) is 5.45. The van der Waals surface area contributed by atoms with Crippen molar-refractivity contribution in [2.24, 2.45) is 0 Å². The topological polar surface area (TPSA) is 78.9 Å². The van der Waals surface area contributed by atoms with Gasteiger partial charge >= 0.3 is 0 Å². The Bertz CT molecular complexity index is 1050. The molecule has 0 saturated carbocycles. The highest BCUT2D eigenvalue weighted by Gasteiger charge is 2.30. The number of nitrogens with zero attached hydrogens (tertiary/aromatic N) is 2. The molecule has 2 aromatic carbocycles. The molecule has 0 spiro atoms. The minimum absolute atomic E-state index is 0.0431. The van der Waals surface area contributed by atoms with Gasteiger partial charge in [0.2, 0.25) is 10.0 Å². The summed E-state index contributed by atoms with van der Waals surface area (Å²) >= 11 is 6.20. The Labute approximate surface area is 195 Å². The largest absolute Gasteiger partial charge is 0.491 e. The third kappa shape index (κ3) is 5.81. The highest BCUT2D eigenvalue weighted by molar-refractivity contribution is 7.89. The number of piperazine rings is 1. The summed E-state index contributed by atoms with van der Waals surface area (Å²) in [6.45, 7) is 6.86. The molecule has 1 N–H and O–H groups in total. The number of benzene rings is 2. The second kappa shape index (κ2) is 10.7. The minimum Gasteiger partial charge on any atom is -0.491 e. The fraction of sp³-hybridized carbons (Fsp3) is 0.435. The van der Waals surface area contributed by atoms with Gasteiger partial charge in [0.25, 0.3) is 5.91 Å². The third-order valence-electron chi connectivity index (χ3n) is 5.46. The first-order chi connectivity index (χ1) is 15.2. The van der Waals surface area contributed by atoms with Gasteiger partial charge in [0.1, 0.15) is 17.3 Å². The number of carbonyl (C=O) groups is 1. The molecule has 7 nitrogen and oxygen atoms in total. The van der Waals surface area contributed by atoms with Gasteiger partial charge in [0.15, 0.2) is 0 Å². The summed E-state index contributed by atoms with van der Waals surface area (Å²) < 4.78 is 33.4. The molecule has 2 aromatic rings. The van der Waals surface area contributed by atoms with Crippen LogP contribution in [0, 0.1) is 0 Å². The van der Waals surface area contributed by atoms with Crippen LogP contribution in [0.15, 0.2) is 47.4 Å². The van der Waals surface area contributed by atoms with Crippen LogP contribution in [0.2, 0.25) is 5.02 Å². The summed E-state index contributed by atoms with van der Waals surface area (Å²) in [5, 5.41) is 2.88. The molecule has 1 aliphatic rings. The highest BCUT2D eigenvalue weighted by Crippen LogP contribution is 2.27. The number of ether oxygens (including phenoxy) is 1. The Morgan fingerprint density at radius 1 is 1.12 bits per heavy atom. The van der Waals surface area contributed by atoms with Crippen molar-refractivity contribution < 1.29 is 17.9 Å². The lowest BCUT2D eigenvalue weighted by atomic mass is 10.0. The van der Waals surface area contributed by atoms with E-state index in [0.29, 0.717) is 38.7 Å². The van der Waals surface area contributed by atoms with E-state index in [1.807, 2.05) is 31.3 Å². The molecule has 1 aliphatic heterocycles. The monoisotopic (exact) mass is 479 g/mol. The van der Waals surface area contributed by atoms with Crippen molar-refractivity contribution in [2.75, 3.05) is 46.4 Å². The zero-order chi connectivity index (χ0) is 23.3. The van der Waals surface area contributed by atoms with Crippen molar-refractivity contribution in [3.05, 3.63) is 58.6 Å². The number of rotatable bonds is 8. The van der Waals surface area contributed by atoms with Crippen molar-refractivity contribution in [3.63, 3.8) is 0 Å². The van der Waals surface area contributed by atoms with Gasteiger partial charge in [-0.05, 0) is 42.8 Å². The SMILES string of the molecule is CC(C)c1ccccc1OCCNC(=O)c1ccc(Cl)c(S(=O)(=O)N2CCN(C)CC2)c1. The minimum atomic E-state index is -3.78. The van der Waals surface area contributed by atoms with Crippen LogP contribution in [0.1, 0.15) is 35.7 Å². The van der Waals surface area contributed by atoms with Gasteiger partial charge in [-0.15, -0.1) is 0 Å². The number of likely N-dealkylation sites (N-methyl/N-ethyl adjacent to an activating group) is 1. The van der Waals surface area contributed by atoms with Gasteiger partial charge in [0, 0.05) is 31.7 Å². The molecule has 3 rings (SSSR count). The summed E-state index contributed by atoms with van der Waals surface area (Å²) in [7, 11) is -1.82. The van der Waals surface area contributed by atoms with Gasteiger partial charge in [-0.2, -0.15) is 4.31 Å². The molecule has 1 fully saturated rings. The molecule has 174 valence electrons. The van der Waals surface area contributed by atoms with Gasteiger partial charge in [-0.1, -0.05) is 43.6 Å². The first kappa shape index (κ1) is 24.5. The number of nitrogens with one attached hydrogen (secondary N) is 1. The molecular weight excluding hydrogens is 450 g/mol. The van der Waals surface area contributed by atoms with E-state index in [4.69, 9.17) is 16.3 Å². The zero-order valence-corrected chi connectivity index (χ0v) is 20.2. The summed E-state index contributed by atoms with van der Waals surface area (Å²) in [6, 6.07) is 12.1. The molecule has 0 radical (unpaired) electrons. The van der Waals surface area contributed by atoms with Crippen molar-refractivity contribution in [1.29, 1.82) is 0 Å². The van der Waals surface area contributed by atoms with Gasteiger partial charge < -0.3 is 15.0 Å². The van der Waals surface area contributed by atoms with E-state index in [1.165, 1.54) is 22.5 Å². The highest BCUT2D eigenvalue weighted by atomic mass is 35.5. The number of amides is 1. The molecule has 0 aliphatic carbocycles. The smallest absolute Gasteiger partial charge is 0.251 e. The Morgan fingerprint density at radius 3 is 2.50 bits per heavy atom. The van der Waals surface area contributed by atoms with E-state index in [1.54, 1.807) is 0 Å². The molecule has 0 atom stereocenters. The molecule has 1 saturated heterocycles. The van der Waals surface area contributed by atoms with Crippen LogP contribution in [0.25, 0.3) is 0 Å². The van der Waals surface area contributed by atoms with Gasteiger partial charge in [-0.25, -0.2) is 8.42 Å². The maximum absolute atomic E-state index is 13.1. The van der Waals surface area contributed by atoms with Crippen LogP contribution >= 0.6 is 11.6 Å². The second-order valence-electron chi connectivity index (χ2n) is 8.15. The van der Waals surface area contributed by atoms with Crippen LogP contribution in [-0.4, -0.2) is 69.9 Å².